The maximum absolute atomic E-state index is 12.8. The van der Waals surface area contributed by atoms with Gasteiger partial charge in [0.1, 0.15) is 0 Å². The standard InChI is InChI=1S/C22H33N3O2/c1-24(20-12-5-4-6-13-20)21(26)17-23-19-11-9-10-18(16-19)22(27)25-14-7-2-3-8-15-25/h9-11,16,20,23H,2-8,12-15,17H2,1H3. The summed E-state index contributed by atoms with van der Waals surface area (Å²) in [6.07, 6.45) is 10.5. The lowest BCUT2D eigenvalue weighted by atomic mass is 9.94. The minimum atomic E-state index is 0.103. The number of likely N-dealkylation sites (N-methyl/N-ethyl adjacent to an activating group) is 1. The summed E-state index contributed by atoms with van der Waals surface area (Å²) in [5.41, 5.74) is 1.54. The van der Waals surface area contributed by atoms with E-state index in [4.69, 9.17) is 0 Å². The van der Waals surface area contributed by atoms with Crippen LogP contribution in [0.25, 0.3) is 0 Å². The van der Waals surface area contributed by atoms with Gasteiger partial charge in [0.25, 0.3) is 5.91 Å². The molecule has 0 bridgehead atoms. The summed E-state index contributed by atoms with van der Waals surface area (Å²) < 4.78 is 0. The number of hydrogen-bond donors (Lipinski definition) is 1. The summed E-state index contributed by atoms with van der Waals surface area (Å²) in [4.78, 5) is 29.2. The monoisotopic (exact) mass is 371 g/mol. The number of carbonyl (C=O) groups excluding carboxylic acids is 2. The lowest BCUT2D eigenvalue weighted by molar-refractivity contribution is -0.130. The first-order valence-electron chi connectivity index (χ1n) is 10.5. The van der Waals surface area contributed by atoms with Crippen LogP contribution in [0.4, 0.5) is 5.69 Å². The lowest BCUT2D eigenvalue weighted by Crippen LogP contribution is -2.41. The maximum Gasteiger partial charge on any atom is 0.253 e. The third kappa shape index (κ3) is 5.47. The van der Waals surface area contributed by atoms with Crippen molar-refractivity contribution in [2.45, 2.75) is 63.8 Å². The number of benzene rings is 1. The van der Waals surface area contributed by atoms with Gasteiger partial charge in [-0.25, -0.2) is 0 Å². The van der Waals surface area contributed by atoms with Crippen molar-refractivity contribution in [2.24, 2.45) is 0 Å². The van der Waals surface area contributed by atoms with Crippen molar-refractivity contribution < 1.29 is 9.59 Å². The smallest absolute Gasteiger partial charge is 0.253 e. The normalized spacial score (nSPS) is 18.6. The molecule has 2 fully saturated rings. The van der Waals surface area contributed by atoms with Crippen LogP contribution in [0.3, 0.4) is 0 Å². The Morgan fingerprint density at radius 2 is 1.70 bits per heavy atom. The number of amides is 2. The van der Waals surface area contributed by atoms with Gasteiger partial charge in [0.2, 0.25) is 5.91 Å². The highest BCUT2D eigenvalue weighted by molar-refractivity contribution is 5.95. The molecule has 0 atom stereocenters. The van der Waals surface area contributed by atoms with Crippen LogP contribution >= 0.6 is 0 Å². The Hall–Kier alpha value is -2.04. The van der Waals surface area contributed by atoms with Gasteiger partial charge in [0.15, 0.2) is 0 Å². The Morgan fingerprint density at radius 3 is 2.41 bits per heavy atom. The van der Waals surface area contributed by atoms with Crippen LogP contribution in [-0.4, -0.2) is 54.3 Å². The van der Waals surface area contributed by atoms with Gasteiger partial charge in [0.05, 0.1) is 6.54 Å². The van der Waals surface area contributed by atoms with Crippen molar-refractivity contribution in [3.05, 3.63) is 29.8 Å². The fourth-order valence-electron chi connectivity index (χ4n) is 4.19. The number of hydrogen-bond acceptors (Lipinski definition) is 3. The molecule has 1 aromatic rings. The van der Waals surface area contributed by atoms with E-state index in [9.17, 15) is 9.59 Å². The molecule has 2 amide bonds. The summed E-state index contributed by atoms with van der Waals surface area (Å²) in [7, 11) is 1.92. The van der Waals surface area contributed by atoms with E-state index in [1.807, 2.05) is 41.1 Å². The second-order valence-electron chi connectivity index (χ2n) is 7.94. The minimum absolute atomic E-state index is 0.103. The van der Waals surface area contributed by atoms with Gasteiger partial charge in [-0.3, -0.25) is 9.59 Å². The second-order valence-corrected chi connectivity index (χ2v) is 7.94. The zero-order chi connectivity index (χ0) is 19.1. The molecule has 0 radical (unpaired) electrons. The van der Waals surface area contributed by atoms with E-state index in [-0.39, 0.29) is 18.4 Å². The summed E-state index contributed by atoms with van der Waals surface area (Å²) in [6.45, 7) is 1.97. The average Bonchev–Trinajstić information content (AvgIpc) is 3.01. The maximum atomic E-state index is 12.8. The third-order valence-corrected chi connectivity index (χ3v) is 5.96. The summed E-state index contributed by atoms with van der Waals surface area (Å²) in [6, 6.07) is 7.94. The highest BCUT2D eigenvalue weighted by Crippen LogP contribution is 2.22. The van der Waals surface area contributed by atoms with E-state index >= 15 is 0 Å². The van der Waals surface area contributed by atoms with Crippen molar-refractivity contribution in [2.75, 3.05) is 32.0 Å². The molecule has 27 heavy (non-hydrogen) atoms. The lowest BCUT2D eigenvalue weighted by Gasteiger charge is -2.31. The van der Waals surface area contributed by atoms with Gasteiger partial charge in [-0.2, -0.15) is 0 Å². The Morgan fingerprint density at radius 1 is 1.04 bits per heavy atom. The van der Waals surface area contributed by atoms with E-state index in [1.54, 1.807) is 0 Å². The highest BCUT2D eigenvalue weighted by atomic mass is 16.2. The van der Waals surface area contributed by atoms with Gasteiger partial charge in [-0.15, -0.1) is 0 Å². The van der Waals surface area contributed by atoms with Crippen LogP contribution in [0.1, 0.15) is 68.1 Å². The van der Waals surface area contributed by atoms with Crippen LogP contribution < -0.4 is 5.32 Å². The minimum Gasteiger partial charge on any atom is -0.376 e. The Labute approximate surface area is 163 Å². The Bertz CT molecular complexity index is 632. The van der Waals surface area contributed by atoms with Crippen LogP contribution in [0.5, 0.6) is 0 Å². The predicted molar refractivity (Wildman–Crippen MR) is 109 cm³/mol. The quantitative estimate of drug-likeness (QED) is 0.854. The Balaban J connectivity index is 1.55. The number of nitrogens with zero attached hydrogens (tertiary/aromatic N) is 2. The zero-order valence-corrected chi connectivity index (χ0v) is 16.6. The molecule has 0 spiro atoms. The first-order chi connectivity index (χ1) is 13.1. The molecular formula is C22H33N3O2. The molecule has 1 aliphatic carbocycles. The first kappa shape index (κ1) is 19.7. The van der Waals surface area contributed by atoms with Crippen molar-refractivity contribution >= 4 is 17.5 Å². The van der Waals surface area contributed by atoms with Crippen LogP contribution in [-0.2, 0) is 4.79 Å². The van der Waals surface area contributed by atoms with Gasteiger partial charge >= 0.3 is 0 Å². The second kappa shape index (κ2) is 9.77. The largest absolute Gasteiger partial charge is 0.376 e. The average molecular weight is 372 g/mol. The van der Waals surface area contributed by atoms with Crippen molar-refractivity contribution in [3.8, 4) is 0 Å². The van der Waals surface area contributed by atoms with Gasteiger partial charge in [0, 0.05) is 37.4 Å². The zero-order valence-electron chi connectivity index (χ0n) is 16.6. The molecule has 1 aromatic carbocycles. The van der Waals surface area contributed by atoms with E-state index < -0.39 is 0 Å². The van der Waals surface area contributed by atoms with Gasteiger partial charge in [-0.1, -0.05) is 38.2 Å². The molecular weight excluding hydrogens is 338 g/mol. The van der Waals surface area contributed by atoms with Crippen LogP contribution in [0.2, 0.25) is 0 Å². The number of rotatable bonds is 5. The molecule has 148 valence electrons. The highest BCUT2D eigenvalue weighted by Gasteiger charge is 2.22. The fraction of sp³-hybridized carbons (Fsp3) is 0.636. The molecule has 1 saturated carbocycles. The number of likely N-dealkylation sites (tertiary alicyclic amines) is 1. The molecule has 0 aromatic heterocycles. The topological polar surface area (TPSA) is 52.7 Å². The Kier molecular flexibility index (Phi) is 7.13. The van der Waals surface area contributed by atoms with E-state index in [0.29, 0.717) is 11.6 Å². The number of nitrogens with one attached hydrogen (secondary N) is 1. The van der Waals surface area contributed by atoms with Crippen molar-refractivity contribution in [1.82, 2.24) is 9.80 Å². The third-order valence-electron chi connectivity index (χ3n) is 5.96. The molecule has 5 heteroatoms. The van der Waals surface area contributed by atoms with Crippen LogP contribution in [0.15, 0.2) is 24.3 Å². The predicted octanol–water partition coefficient (Wildman–Crippen LogP) is 3.91. The SMILES string of the molecule is CN(C(=O)CNc1cccc(C(=O)N2CCCCCC2)c1)C1CCCCC1. The summed E-state index contributed by atoms with van der Waals surface area (Å²) in [5.74, 6) is 0.220. The molecule has 1 heterocycles. The molecule has 5 nitrogen and oxygen atoms in total. The molecule has 1 aliphatic heterocycles. The molecule has 2 aliphatic rings. The van der Waals surface area contributed by atoms with E-state index in [0.717, 1.165) is 44.5 Å². The van der Waals surface area contributed by atoms with Crippen LogP contribution in [0, 0.1) is 0 Å². The summed E-state index contributed by atoms with van der Waals surface area (Å²) >= 11 is 0. The molecule has 1 saturated heterocycles. The number of anilines is 1. The number of carbonyl (C=O) groups is 2. The first-order valence-corrected chi connectivity index (χ1v) is 10.5. The fourth-order valence-corrected chi connectivity index (χ4v) is 4.19. The van der Waals surface area contributed by atoms with Crippen molar-refractivity contribution in [3.63, 3.8) is 0 Å². The van der Waals surface area contributed by atoms with E-state index in [1.165, 1.54) is 32.1 Å². The molecule has 0 unspecified atom stereocenters. The van der Waals surface area contributed by atoms with E-state index in [2.05, 4.69) is 5.32 Å². The summed E-state index contributed by atoms with van der Waals surface area (Å²) in [5, 5.41) is 3.21. The van der Waals surface area contributed by atoms with Gasteiger partial charge in [-0.05, 0) is 43.9 Å². The molecule has 1 N–H and O–H groups in total. The van der Waals surface area contributed by atoms with Crippen molar-refractivity contribution in [1.29, 1.82) is 0 Å². The van der Waals surface area contributed by atoms with Gasteiger partial charge < -0.3 is 15.1 Å². The molecule has 3 rings (SSSR count).